The molecule has 1 aromatic carbocycles. The molecule has 1 aromatic rings. The quantitative estimate of drug-likeness (QED) is 0.681. The summed E-state index contributed by atoms with van der Waals surface area (Å²) in [6, 6.07) is 3.90. The zero-order chi connectivity index (χ0) is 13.8. The van der Waals surface area contributed by atoms with Gasteiger partial charge in [-0.05, 0) is 24.0 Å². The molecule has 2 nitrogen and oxygen atoms in total. The maximum atomic E-state index is 6.39. The van der Waals surface area contributed by atoms with E-state index >= 15 is 0 Å². The predicted molar refractivity (Wildman–Crippen MR) is 82.8 cm³/mol. The minimum absolute atomic E-state index is 0.247. The Morgan fingerprint density at radius 3 is 2.53 bits per heavy atom. The molecule has 1 heterocycles. The summed E-state index contributed by atoms with van der Waals surface area (Å²) >= 11 is 10.2. The van der Waals surface area contributed by atoms with Gasteiger partial charge < -0.3 is 9.47 Å². The highest BCUT2D eigenvalue weighted by Gasteiger charge is 2.22. The molecule has 0 saturated heterocycles. The lowest BCUT2D eigenvalue weighted by Crippen LogP contribution is -2.05. The van der Waals surface area contributed by atoms with Gasteiger partial charge in [0.05, 0.1) is 13.2 Å². The molecule has 0 aliphatic carbocycles. The number of hydrogen-bond donors (Lipinski definition) is 0. The van der Waals surface area contributed by atoms with Gasteiger partial charge in [-0.25, -0.2) is 0 Å². The van der Waals surface area contributed by atoms with Crippen LogP contribution < -0.4 is 9.47 Å². The Hall–Kier alpha value is -0.410. The average Bonchev–Trinajstić information content (AvgIpc) is 2.62. The zero-order valence-corrected chi connectivity index (χ0v) is 13.8. The lowest BCUT2D eigenvalue weighted by Gasteiger charge is -2.20. The molecule has 2 atom stereocenters. The largest absolute Gasteiger partial charge is 0.490 e. The van der Waals surface area contributed by atoms with Crippen molar-refractivity contribution < 1.29 is 9.47 Å². The first-order valence-electron chi connectivity index (χ1n) is 6.86. The summed E-state index contributed by atoms with van der Waals surface area (Å²) < 4.78 is 11.4. The number of halogens is 2. The van der Waals surface area contributed by atoms with Crippen LogP contribution in [0.1, 0.15) is 43.5 Å². The molecule has 0 amide bonds. The van der Waals surface area contributed by atoms with Gasteiger partial charge in [0.15, 0.2) is 11.5 Å². The van der Waals surface area contributed by atoms with Gasteiger partial charge >= 0.3 is 0 Å². The second-order valence-electron chi connectivity index (χ2n) is 5.04. The summed E-state index contributed by atoms with van der Waals surface area (Å²) in [5, 5.41) is 0.745. The number of rotatable bonds is 4. The van der Waals surface area contributed by atoms with Crippen molar-refractivity contribution in [2.45, 2.75) is 37.9 Å². The smallest absolute Gasteiger partial charge is 0.162 e. The topological polar surface area (TPSA) is 18.5 Å². The highest BCUT2D eigenvalue weighted by atomic mass is 79.9. The Bertz CT molecular complexity index is 436. The van der Waals surface area contributed by atoms with Gasteiger partial charge in [0.1, 0.15) is 0 Å². The molecular weight excluding hydrogens is 328 g/mol. The Labute approximate surface area is 128 Å². The molecule has 106 valence electrons. The Balaban J connectivity index is 2.28. The number of alkyl halides is 1. The molecule has 1 aliphatic rings. The third kappa shape index (κ3) is 3.57. The Morgan fingerprint density at radius 2 is 1.89 bits per heavy atom. The summed E-state index contributed by atoms with van der Waals surface area (Å²) in [6.45, 7) is 5.83. The van der Waals surface area contributed by atoms with Crippen LogP contribution in [-0.2, 0) is 0 Å². The van der Waals surface area contributed by atoms with E-state index in [0.717, 1.165) is 28.5 Å². The van der Waals surface area contributed by atoms with Gasteiger partial charge in [-0.1, -0.05) is 47.8 Å². The van der Waals surface area contributed by atoms with E-state index in [-0.39, 0.29) is 4.83 Å². The maximum absolute atomic E-state index is 6.39. The van der Waals surface area contributed by atoms with E-state index in [0.29, 0.717) is 19.1 Å². The first-order valence-corrected chi connectivity index (χ1v) is 8.16. The number of fused-ring (bicyclic) bond motifs is 1. The van der Waals surface area contributed by atoms with Crippen molar-refractivity contribution in [3.63, 3.8) is 0 Å². The number of hydrogen-bond acceptors (Lipinski definition) is 2. The van der Waals surface area contributed by atoms with Crippen LogP contribution in [-0.4, -0.2) is 13.2 Å². The van der Waals surface area contributed by atoms with E-state index in [4.69, 9.17) is 21.1 Å². The molecule has 1 aliphatic heterocycles. The molecular formula is C15H20BrClO2. The van der Waals surface area contributed by atoms with E-state index in [1.165, 1.54) is 12.8 Å². The van der Waals surface area contributed by atoms with Gasteiger partial charge in [-0.15, -0.1) is 0 Å². The third-order valence-electron chi connectivity index (χ3n) is 3.41. The molecule has 0 radical (unpaired) electrons. The molecule has 19 heavy (non-hydrogen) atoms. The van der Waals surface area contributed by atoms with Gasteiger partial charge in [-0.2, -0.15) is 0 Å². The van der Waals surface area contributed by atoms with E-state index in [2.05, 4.69) is 29.8 Å². The van der Waals surface area contributed by atoms with Crippen LogP contribution >= 0.6 is 27.5 Å². The van der Waals surface area contributed by atoms with Crippen LogP contribution in [0.4, 0.5) is 0 Å². The van der Waals surface area contributed by atoms with Crippen LogP contribution in [0.15, 0.2) is 12.1 Å². The van der Waals surface area contributed by atoms with Crippen molar-refractivity contribution in [2.75, 3.05) is 13.2 Å². The highest BCUT2D eigenvalue weighted by molar-refractivity contribution is 9.09. The minimum atomic E-state index is 0.247. The van der Waals surface area contributed by atoms with Gasteiger partial charge in [0.2, 0.25) is 0 Å². The SMILES string of the molecule is CCCC(C)C(Br)c1cc2c(cc1Cl)OCCCO2. The summed E-state index contributed by atoms with van der Waals surface area (Å²) in [4.78, 5) is 0.247. The fraction of sp³-hybridized carbons (Fsp3) is 0.600. The van der Waals surface area contributed by atoms with Crippen LogP contribution in [0.25, 0.3) is 0 Å². The predicted octanol–water partition coefficient (Wildman–Crippen LogP) is 5.37. The number of ether oxygens (including phenoxy) is 2. The molecule has 0 bridgehead atoms. The zero-order valence-electron chi connectivity index (χ0n) is 11.4. The Kier molecular flexibility index (Phi) is 5.40. The van der Waals surface area contributed by atoms with Crippen molar-refractivity contribution in [2.24, 2.45) is 5.92 Å². The normalized spacial score (nSPS) is 17.7. The van der Waals surface area contributed by atoms with Crippen molar-refractivity contribution in [3.05, 3.63) is 22.7 Å². The summed E-state index contributed by atoms with van der Waals surface area (Å²) in [6.07, 6.45) is 3.25. The second kappa shape index (κ2) is 6.85. The van der Waals surface area contributed by atoms with Gasteiger partial charge in [-0.3, -0.25) is 0 Å². The lowest BCUT2D eigenvalue weighted by atomic mass is 9.96. The van der Waals surface area contributed by atoms with E-state index in [1.54, 1.807) is 0 Å². The maximum Gasteiger partial charge on any atom is 0.162 e. The highest BCUT2D eigenvalue weighted by Crippen LogP contribution is 2.43. The standard InChI is InChI=1S/C15H20BrClO2/c1-3-5-10(2)15(16)11-8-13-14(9-12(11)17)19-7-4-6-18-13/h8-10,15H,3-7H2,1-2H3. The summed E-state index contributed by atoms with van der Waals surface area (Å²) in [5.74, 6) is 2.10. The molecule has 0 fully saturated rings. The molecule has 0 N–H and O–H groups in total. The minimum Gasteiger partial charge on any atom is -0.490 e. The average molecular weight is 348 g/mol. The van der Waals surface area contributed by atoms with Gasteiger partial charge in [0, 0.05) is 22.3 Å². The molecule has 0 spiro atoms. The first kappa shape index (κ1) is 15.0. The molecule has 2 rings (SSSR count). The van der Waals surface area contributed by atoms with Crippen LogP contribution in [0, 0.1) is 5.92 Å². The van der Waals surface area contributed by atoms with Gasteiger partial charge in [0.25, 0.3) is 0 Å². The van der Waals surface area contributed by atoms with Crippen LogP contribution in [0.3, 0.4) is 0 Å². The summed E-state index contributed by atoms with van der Waals surface area (Å²) in [7, 11) is 0. The van der Waals surface area contributed by atoms with E-state index < -0.39 is 0 Å². The van der Waals surface area contributed by atoms with Crippen molar-refractivity contribution in [1.82, 2.24) is 0 Å². The lowest BCUT2D eigenvalue weighted by molar-refractivity contribution is 0.297. The van der Waals surface area contributed by atoms with E-state index in [1.807, 2.05) is 12.1 Å². The van der Waals surface area contributed by atoms with E-state index in [9.17, 15) is 0 Å². The van der Waals surface area contributed by atoms with Crippen molar-refractivity contribution in [3.8, 4) is 11.5 Å². The van der Waals surface area contributed by atoms with Crippen LogP contribution in [0.2, 0.25) is 5.02 Å². The third-order valence-corrected chi connectivity index (χ3v) is 5.13. The van der Waals surface area contributed by atoms with Crippen molar-refractivity contribution in [1.29, 1.82) is 0 Å². The molecule has 0 saturated carbocycles. The molecule has 2 unspecified atom stereocenters. The monoisotopic (exact) mass is 346 g/mol. The van der Waals surface area contributed by atoms with Crippen LogP contribution in [0.5, 0.6) is 11.5 Å². The van der Waals surface area contributed by atoms with Crippen molar-refractivity contribution >= 4 is 27.5 Å². The Morgan fingerprint density at radius 1 is 1.26 bits per heavy atom. The fourth-order valence-corrected chi connectivity index (χ4v) is 3.37. The fourth-order valence-electron chi connectivity index (χ4n) is 2.32. The molecule has 0 aromatic heterocycles. The molecule has 4 heteroatoms. The second-order valence-corrected chi connectivity index (χ2v) is 6.43. The summed E-state index contributed by atoms with van der Waals surface area (Å²) in [5.41, 5.74) is 1.09. The first-order chi connectivity index (χ1) is 9.13. The number of benzene rings is 1.